The molecule has 0 heterocycles. The third-order valence-corrected chi connectivity index (χ3v) is 1.43. The Morgan fingerprint density at radius 2 is 2.08 bits per heavy atom. The SMILES string of the molecule is CO.NC(=O)c1ccc(Cl)cc1F. The number of aliphatic hydroxyl groups is 1. The Labute approximate surface area is 79.9 Å². The van der Waals surface area contributed by atoms with Crippen molar-refractivity contribution in [2.24, 2.45) is 5.73 Å². The summed E-state index contributed by atoms with van der Waals surface area (Å²) < 4.78 is 12.7. The van der Waals surface area contributed by atoms with Crippen LogP contribution in [0.5, 0.6) is 0 Å². The van der Waals surface area contributed by atoms with Crippen molar-refractivity contribution in [3.63, 3.8) is 0 Å². The second-order valence-electron chi connectivity index (χ2n) is 1.99. The molecule has 13 heavy (non-hydrogen) atoms. The lowest BCUT2D eigenvalue weighted by Crippen LogP contribution is -2.12. The molecule has 3 nitrogen and oxygen atoms in total. The highest BCUT2D eigenvalue weighted by atomic mass is 35.5. The van der Waals surface area contributed by atoms with E-state index in [4.69, 9.17) is 22.4 Å². The van der Waals surface area contributed by atoms with Gasteiger partial charge in [0.25, 0.3) is 5.91 Å². The summed E-state index contributed by atoms with van der Waals surface area (Å²) in [7, 11) is 1.00. The topological polar surface area (TPSA) is 63.3 Å². The highest BCUT2D eigenvalue weighted by Crippen LogP contribution is 2.13. The number of rotatable bonds is 1. The van der Waals surface area contributed by atoms with Crippen molar-refractivity contribution < 1.29 is 14.3 Å². The second-order valence-corrected chi connectivity index (χ2v) is 2.42. The second kappa shape index (κ2) is 5.50. The Kier molecular flexibility index (Phi) is 5.03. The number of hydrogen-bond acceptors (Lipinski definition) is 2. The van der Waals surface area contributed by atoms with Crippen molar-refractivity contribution in [3.05, 3.63) is 34.6 Å². The Balaban J connectivity index is 0.000000671. The number of nitrogens with two attached hydrogens (primary N) is 1. The van der Waals surface area contributed by atoms with E-state index in [0.29, 0.717) is 0 Å². The van der Waals surface area contributed by atoms with E-state index in [1.54, 1.807) is 0 Å². The van der Waals surface area contributed by atoms with E-state index >= 15 is 0 Å². The van der Waals surface area contributed by atoms with Crippen molar-refractivity contribution in [2.75, 3.05) is 7.11 Å². The largest absolute Gasteiger partial charge is 0.400 e. The minimum absolute atomic E-state index is 0.144. The molecule has 0 radical (unpaired) electrons. The number of benzene rings is 1. The first-order valence-electron chi connectivity index (χ1n) is 3.31. The fourth-order valence-electron chi connectivity index (χ4n) is 0.689. The Hall–Kier alpha value is -1.13. The monoisotopic (exact) mass is 205 g/mol. The van der Waals surface area contributed by atoms with E-state index in [-0.39, 0.29) is 10.6 Å². The average molecular weight is 206 g/mol. The van der Waals surface area contributed by atoms with Crippen molar-refractivity contribution in [1.82, 2.24) is 0 Å². The smallest absolute Gasteiger partial charge is 0.251 e. The van der Waals surface area contributed by atoms with Gasteiger partial charge in [-0.05, 0) is 18.2 Å². The lowest BCUT2D eigenvalue weighted by atomic mass is 10.2. The molecular weight excluding hydrogens is 197 g/mol. The van der Waals surface area contributed by atoms with Crippen LogP contribution in [0.2, 0.25) is 5.02 Å². The van der Waals surface area contributed by atoms with Crippen molar-refractivity contribution in [3.8, 4) is 0 Å². The summed E-state index contributed by atoms with van der Waals surface area (Å²) in [5, 5.41) is 7.24. The number of primary amides is 1. The van der Waals surface area contributed by atoms with Gasteiger partial charge in [0, 0.05) is 12.1 Å². The van der Waals surface area contributed by atoms with Crippen molar-refractivity contribution in [2.45, 2.75) is 0 Å². The fraction of sp³-hybridized carbons (Fsp3) is 0.125. The lowest BCUT2D eigenvalue weighted by molar-refractivity contribution is 0.0996. The van der Waals surface area contributed by atoms with Crippen LogP contribution in [0.15, 0.2) is 18.2 Å². The van der Waals surface area contributed by atoms with Gasteiger partial charge in [-0.15, -0.1) is 0 Å². The zero-order chi connectivity index (χ0) is 10.4. The first-order chi connectivity index (χ1) is 6.11. The molecule has 3 N–H and O–H groups in total. The third-order valence-electron chi connectivity index (χ3n) is 1.20. The predicted molar refractivity (Wildman–Crippen MR) is 48.1 cm³/mol. The number of hydrogen-bond donors (Lipinski definition) is 2. The standard InChI is InChI=1S/C7H5ClFNO.CH4O/c8-4-1-2-5(7(10)11)6(9)3-4;1-2/h1-3H,(H2,10,11);2H,1H3. The Bertz CT molecular complexity index is 304. The molecule has 0 aromatic heterocycles. The average Bonchev–Trinajstić information content (AvgIpc) is 2.07. The van der Waals surface area contributed by atoms with Crippen LogP contribution in [0, 0.1) is 5.82 Å². The molecule has 0 aliphatic rings. The molecule has 72 valence electrons. The number of amides is 1. The van der Waals surface area contributed by atoms with E-state index in [9.17, 15) is 9.18 Å². The van der Waals surface area contributed by atoms with Crippen LogP contribution in [0.1, 0.15) is 10.4 Å². The maximum Gasteiger partial charge on any atom is 0.251 e. The van der Waals surface area contributed by atoms with Crippen LogP contribution in [0.3, 0.4) is 0 Å². The van der Waals surface area contributed by atoms with Crippen molar-refractivity contribution >= 4 is 17.5 Å². The minimum Gasteiger partial charge on any atom is -0.400 e. The van der Waals surface area contributed by atoms with Gasteiger partial charge in [-0.3, -0.25) is 4.79 Å². The van der Waals surface area contributed by atoms with E-state index in [0.717, 1.165) is 13.2 Å². The minimum atomic E-state index is -0.792. The van der Waals surface area contributed by atoms with Gasteiger partial charge < -0.3 is 10.8 Å². The van der Waals surface area contributed by atoms with Gasteiger partial charge in [-0.1, -0.05) is 11.6 Å². The number of halogens is 2. The summed E-state index contributed by atoms with van der Waals surface area (Å²) in [5.74, 6) is -1.48. The van der Waals surface area contributed by atoms with E-state index < -0.39 is 11.7 Å². The molecule has 1 rings (SSSR count). The van der Waals surface area contributed by atoms with Crippen LogP contribution in [-0.4, -0.2) is 18.1 Å². The molecule has 1 amide bonds. The van der Waals surface area contributed by atoms with Gasteiger partial charge in [0.2, 0.25) is 0 Å². The zero-order valence-electron chi connectivity index (χ0n) is 6.92. The van der Waals surface area contributed by atoms with Crippen LogP contribution >= 0.6 is 11.6 Å². The molecule has 5 heteroatoms. The molecule has 1 aromatic rings. The Morgan fingerprint density at radius 3 is 2.46 bits per heavy atom. The number of aliphatic hydroxyl groups excluding tert-OH is 1. The molecule has 0 unspecified atom stereocenters. The molecule has 0 atom stereocenters. The molecule has 0 saturated carbocycles. The molecule has 0 fully saturated rings. The number of carbonyl (C=O) groups excluding carboxylic acids is 1. The number of carbonyl (C=O) groups is 1. The van der Waals surface area contributed by atoms with Gasteiger partial charge in [-0.2, -0.15) is 0 Å². The Morgan fingerprint density at radius 1 is 1.54 bits per heavy atom. The molecule has 0 saturated heterocycles. The summed E-state index contributed by atoms with van der Waals surface area (Å²) in [5.41, 5.74) is 4.70. The molecule has 0 aliphatic heterocycles. The summed E-state index contributed by atoms with van der Waals surface area (Å²) >= 11 is 5.43. The van der Waals surface area contributed by atoms with Crippen LogP contribution < -0.4 is 5.73 Å². The van der Waals surface area contributed by atoms with Gasteiger partial charge in [0.15, 0.2) is 0 Å². The van der Waals surface area contributed by atoms with Crippen LogP contribution in [0.25, 0.3) is 0 Å². The highest BCUT2D eigenvalue weighted by molar-refractivity contribution is 6.30. The fourth-order valence-corrected chi connectivity index (χ4v) is 0.848. The summed E-state index contributed by atoms with van der Waals surface area (Å²) in [6.07, 6.45) is 0. The van der Waals surface area contributed by atoms with Crippen molar-refractivity contribution in [1.29, 1.82) is 0 Å². The van der Waals surface area contributed by atoms with Crippen LogP contribution in [0.4, 0.5) is 4.39 Å². The molecule has 0 aliphatic carbocycles. The summed E-state index contributed by atoms with van der Waals surface area (Å²) in [4.78, 5) is 10.5. The maximum absolute atomic E-state index is 12.7. The first kappa shape index (κ1) is 11.9. The maximum atomic E-state index is 12.7. The van der Waals surface area contributed by atoms with Gasteiger partial charge >= 0.3 is 0 Å². The summed E-state index contributed by atoms with van der Waals surface area (Å²) in [6.45, 7) is 0. The highest BCUT2D eigenvalue weighted by Gasteiger charge is 2.06. The first-order valence-corrected chi connectivity index (χ1v) is 3.68. The van der Waals surface area contributed by atoms with Crippen LogP contribution in [-0.2, 0) is 0 Å². The van der Waals surface area contributed by atoms with E-state index in [1.807, 2.05) is 0 Å². The quantitative estimate of drug-likeness (QED) is 0.723. The summed E-state index contributed by atoms with van der Waals surface area (Å²) in [6, 6.07) is 3.70. The molecule has 0 bridgehead atoms. The molecular formula is C8H9ClFNO2. The molecule has 1 aromatic carbocycles. The van der Waals surface area contributed by atoms with E-state index in [2.05, 4.69) is 0 Å². The van der Waals surface area contributed by atoms with E-state index in [1.165, 1.54) is 12.1 Å². The third kappa shape index (κ3) is 3.40. The lowest BCUT2D eigenvalue weighted by Gasteiger charge is -1.96. The molecule has 0 spiro atoms. The van der Waals surface area contributed by atoms with Gasteiger partial charge in [0.05, 0.1) is 5.56 Å². The zero-order valence-corrected chi connectivity index (χ0v) is 7.68. The predicted octanol–water partition coefficient (Wildman–Crippen LogP) is 1.19. The van der Waals surface area contributed by atoms with Gasteiger partial charge in [0.1, 0.15) is 5.82 Å². The normalized spacial score (nSPS) is 8.62. The van der Waals surface area contributed by atoms with Gasteiger partial charge in [-0.25, -0.2) is 4.39 Å².